The molecular formula is C6H9NNa2O5. The molecule has 0 aliphatic heterocycles. The van der Waals surface area contributed by atoms with Gasteiger partial charge in [-0.3, -0.25) is 0 Å². The minimum Gasteiger partial charge on any atom is -0.550 e. The summed E-state index contributed by atoms with van der Waals surface area (Å²) >= 11 is 0. The van der Waals surface area contributed by atoms with Crippen molar-refractivity contribution in [3.8, 4) is 0 Å². The van der Waals surface area contributed by atoms with Gasteiger partial charge in [0.05, 0.1) is 18.1 Å². The van der Waals surface area contributed by atoms with E-state index in [-0.39, 0.29) is 65.5 Å². The molecule has 0 unspecified atom stereocenters. The number of aliphatic carboxylic acids is 2. The van der Waals surface area contributed by atoms with Crippen LogP contribution in [0.2, 0.25) is 0 Å². The summed E-state index contributed by atoms with van der Waals surface area (Å²) in [4.78, 5) is 19.9. The zero-order valence-corrected chi connectivity index (χ0v) is 12.2. The SMILES string of the molecule is N[C@H](C(=O)[O-])[C@H](O)CCC(=O)[O-].[Na+].[Na+]. The molecule has 0 spiro atoms. The van der Waals surface area contributed by atoms with E-state index in [0.29, 0.717) is 0 Å². The molecule has 0 heterocycles. The topological polar surface area (TPSA) is 127 Å². The van der Waals surface area contributed by atoms with Crippen molar-refractivity contribution < 1.29 is 84.0 Å². The minimum absolute atomic E-state index is 0. The molecule has 0 amide bonds. The van der Waals surface area contributed by atoms with E-state index in [1.165, 1.54) is 0 Å². The summed E-state index contributed by atoms with van der Waals surface area (Å²) in [6, 6.07) is -1.55. The monoisotopic (exact) mass is 221 g/mol. The molecule has 3 N–H and O–H groups in total. The van der Waals surface area contributed by atoms with Crippen LogP contribution in [0.25, 0.3) is 0 Å². The molecule has 0 aromatic rings. The van der Waals surface area contributed by atoms with Gasteiger partial charge in [-0.15, -0.1) is 0 Å². The molecule has 8 heteroatoms. The molecule has 0 aliphatic carbocycles. The second-order valence-electron chi connectivity index (χ2n) is 2.32. The van der Waals surface area contributed by atoms with Crippen molar-refractivity contribution >= 4 is 11.9 Å². The number of nitrogens with two attached hydrogens (primary N) is 1. The number of carboxylic acids is 2. The predicted octanol–water partition coefficient (Wildman–Crippen LogP) is -10.0. The van der Waals surface area contributed by atoms with Crippen LogP contribution in [0, 0.1) is 0 Å². The van der Waals surface area contributed by atoms with Crippen molar-refractivity contribution in [2.24, 2.45) is 5.73 Å². The number of rotatable bonds is 5. The van der Waals surface area contributed by atoms with Crippen LogP contribution in [-0.4, -0.2) is 29.2 Å². The van der Waals surface area contributed by atoms with Crippen molar-refractivity contribution in [2.75, 3.05) is 0 Å². The number of carboxylic acid groups (broad SMARTS) is 2. The molecule has 6 nitrogen and oxygen atoms in total. The molecule has 0 fully saturated rings. The first-order valence-electron chi connectivity index (χ1n) is 3.29. The van der Waals surface area contributed by atoms with Gasteiger partial charge in [0.25, 0.3) is 0 Å². The molecule has 0 aromatic carbocycles. The fourth-order valence-electron chi connectivity index (χ4n) is 0.602. The Labute approximate surface area is 125 Å². The van der Waals surface area contributed by atoms with E-state index in [0.717, 1.165) is 0 Å². The normalized spacial score (nSPS) is 13.0. The van der Waals surface area contributed by atoms with E-state index in [9.17, 15) is 19.8 Å². The third-order valence-corrected chi connectivity index (χ3v) is 1.33. The molecular weight excluding hydrogens is 212 g/mol. The van der Waals surface area contributed by atoms with Gasteiger partial charge in [0, 0.05) is 5.97 Å². The van der Waals surface area contributed by atoms with Crippen LogP contribution in [0.1, 0.15) is 12.8 Å². The fourth-order valence-corrected chi connectivity index (χ4v) is 0.602. The summed E-state index contributed by atoms with van der Waals surface area (Å²) in [5, 5.41) is 28.8. The number of carbonyl (C=O) groups excluding carboxylic acids is 2. The van der Waals surface area contributed by atoms with Crippen LogP contribution < -0.4 is 75.1 Å². The molecule has 0 saturated carbocycles. The molecule has 0 radical (unpaired) electrons. The quantitative estimate of drug-likeness (QED) is 0.444. The van der Waals surface area contributed by atoms with Crippen molar-refractivity contribution in [1.82, 2.24) is 0 Å². The average Bonchev–Trinajstić information content (AvgIpc) is 1.98. The summed E-state index contributed by atoms with van der Waals surface area (Å²) in [5.74, 6) is -2.97. The summed E-state index contributed by atoms with van der Waals surface area (Å²) in [7, 11) is 0. The predicted molar refractivity (Wildman–Crippen MR) is 33.2 cm³/mol. The van der Waals surface area contributed by atoms with Crippen molar-refractivity contribution in [3.05, 3.63) is 0 Å². The Balaban J connectivity index is -0.000000605. The van der Waals surface area contributed by atoms with E-state index in [2.05, 4.69) is 0 Å². The maximum absolute atomic E-state index is 10.0. The van der Waals surface area contributed by atoms with Gasteiger partial charge in [0.1, 0.15) is 0 Å². The molecule has 0 aromatic heterocycles. The van der Waals surface area contributed by atoms with Gasteiger partial charge in [-0.25, -0.2) is 0 Å². The molecule has 0 saturated heterocycles. The van der Waals surface area contributed by atoms with E-state index in [4.69, 9.17) is 10.8 Å². The first kappa shape index (κ1) is 20.3. The van der Waals surface area contributed by atoms with Crippen LogP contribution in [0.15, 0.2) is 0 Å². The molecule has 0 bridgehead atoms. The van der Waals surface area contributed by atoms with E-state index in [1.807, 2.05) is 0 Å². The van der Waals surface area contributed by atoms with E-state index in [1.54, 1.807) is 0 Å². The molecule has 2 atom stereocenters. The Hall–Kier alpha value is 0.860. The van der Waals surface area contributed by atoms with Gasteiger partial charge < -0.3 is 30.6 Å². The van der Waals surface area contributed by atoms with Crippen LogP contribution >= 0.6 is 0 Å². The summed E-state index contributed by atoms with van der Waals surface area (Å²) in [6.45, 7) is 0. The number of aliphatic hydroxyl groups is 1. The first-order chi connectivity index (χ1) is 5.45. The van der Waals surface area contributed by atoms with Crippen LogP contribution in [0.3, 0.4) is 0 Å². The summed E-state index contributed by atoms with van der Waals surface area (Å²) < 4.78 is 0. The standard InChI is InChI=1S/C6H11NO5.2Na/c7-5(6(11)12)3(8)1-2-4(9)10;;/h3,5,8H,1-2,7H2,(H,9,10)(H,11,12);;/q;2*+1/p-2/t3-,5+;;/m1../s1. The van der Waals surface area contributed by atoms with Gasteiger partial charge in [-0.2, -0.15) is 0 Å². The smallest absolute Gasteiger partial charge is 0.550 e. The Morgan fingerprint density at radius 1 is 1.29 bits per heavy atom. The maximum atomic E-state index is 10.0. The zero-order chi connectivity index (χ0) is 9.72. The minimum atomic E-state index is -1.61. The molecule has 0 aliphatic rings. The maximum Gasteiger partial charge on any atom is 1.00 e. The van der Waals surface area contributed by atoms with Gasteiger partial charge in [0.15, 0.2) is 0 Å². The Bertz CT molecular complexity index is 189. The fraction of sp³-hybridized carbons (Fsp3) is 0.667. The number of hydrogen-bond acceptors (Lipinski definition) is 6. The zero-order valence-electron chi connectivity index (χ0n) is 8.23. The Morgan fingerprint density at radius 2 is 1.71 bits per heavy atom. The summed E-state index contributed by atoms with van der Waals surface area (Å²) in [6.07, 6.45) is -2.09. The second-order valence-corrected chi connectivity index (χ2v) is 2.32. The molecule has 14 heavy (non-hydrogen) atoms. The van der Waals surface area contributed by atoms with Gasteiger partial charge in [-0.05, 0) is 12.8 Å². The van der Waals surface area contributed by atoms with Crippen molar-refractivity contribution in [2.45, 2.75) is 25.0 Å². The van der Waals surface area contributed by atoms with Crippen LogP contribution in [0.5, 0.6) is 0 Å². The molecule has 70 valence electrons. The van der Waals surface area contributed by atoms with Crippen LogP contribution in [0.4, 0.5) is 0 Å². The Kier molecular flexibility index (Phi) is 15.0. The summed E-state index contributed by atoms with van der Waals surface area (Å²) in [5.41, 5.74) is 4.92. The van der Waals surface area contributed by atoms with Gasteiger partial charge >= 0.3 is 59.1 Å². The third kappa shape index (κ3) is 9.42. The molecule has 0 rings (SSSR count). The van der Waals surface area contributed by atoms with Gasteiger partial charge in [-0.1, -0.05) is 0 Å². The second kappa shape index (κ2) is 10.4. The van der Waals surface area contributed by atoms with Crippen molar-refractivity contribution in [3.63, 3.8) is 0 Å². The Morgan fingerprint density at radius 3 is 2.00 bits per heavy atom. The largest absolute Gasteiger partial charge is 1.00 e. The van der Waals surface area contributed by atoms with E-state index >= 15 is 0 Å². The van der Waals surface area contributed by atoms with E-state index < -0.39 is 30.5 Å². The third-order valence-electron chi connectivity index (χ3n) is 1.33. The average molecular weight is 221 g/mol. The van der Waals surface area contributed by atoms with Crippen LogP contribution in [-0.2, 0) is 9.59 Å². The number of aliphatic hydroxyl groups excluding tert-OH is 1. The van der Waals surface area contributed by atoms with Crippen molar-refractivity contribution in [1.29, 1.82) is 0 Å². The number of carbonyl (C=O) groups is 2. The number of hydrogen-bond donors (Lipinski definition) is 2. The first-order valence-corrected chi connectivity index (χ1v) is 3.29. The van der Waals surface area contributed by atoms with Gasteiger partial charge in [0.2, 0.25) is 0 Å².